The number of anilines is 1. The van der Waals surface area contributed by atoms with E-state index in [4.69, 9.17) is 9.26 Å². The molecular weight excluding hydrogens is 380 g/mol. The summed E-state index contributed by atoms with van der Waals surface area (Å²) in [6, 6.07) is 24.5. The Labute approximate surface area is 173 Å². The van der Waals surface area contributed by atoms with Crippen LogP contribution in [0.25, 0.3) is 22.1 Å². The fourth-order valence-electron chi connectivity index (χ4n) is 3.19. The number of nitrogens with one attached hydrogen (secondary N) is 1. The molecule has 0 saturated heterocycles. The first kappa shape index (κ1) is 19.4. The summed E-state index contributed by atoms with van der Waals surface area (Å²) in [5.41, 5.74) is 3.61. The summed E-state index contributed by atoms with van der Waals surface area (Å²) in [4.78, 5) is 24.9. The van der Waals surface area contributed by atoms with Crippen molar-refractivity contribution in [2.24, 2.45) is 0 Å². The van der Waals surface area contributed by atoms with E-state index in [9.17, 15) is 9.59 Å². The maximum atomic E-state index is 12.6. The average molecular weight is 400 g/mol. The normalized spacial score (nSPS) is 11.8. The zero-order valence-electron chi connectivity index (χ0n) is 16.4. The molecule has 0 saturated carbocycles. The Morgan fingerprint density at radius 3 is 2.50 bits per heavy atom. The van der Waals surface area contributed by atoms with E-state index in [0.29, 0.717) is 17.0 Å². The van der Waals surface area contributed by atoms with E-state index in [2.05, 4.69) is 10.5 Å². The maximum Gasteiger partial charge on any atom is 0.312 e. The fourth-order valence-corrected chi connectivity index (χ4v) is 3.19. The Balaban J connectivity index is 1.42. The first-order valence-corrected chi connectivity index (χ1v) is 9.60. The van der Waals surface area contributed by atoms with Crippen molar-refractivity contribution >= 4 is 28.5 Å². The van der Waals surface area contributed by atoms with Crippen LogP contribution in [0.5, 0.6) is 0 Å². The highest BCUT2D eigenvalue weighted by atomic mass is 16.5. The lowest BCUT2D eigenvalue weighted by atomic mass is 10.0. The van der Waals surface area contributed by atoms with Crippen molar-refractivity contribution < 1.29 is 18.8 Å². The van der Waals surface area contributed by atoms with Crippen LogP contribution in [0.2, 0.25) is 0 Å². The number of hydrogen-bond donors (Lipinski definition) is 1. The molecule has 0 radical (unpaired) electrons. The molecule has 30 heavy (non-hydrogen) atoms. The third kappa shape index (κ3) is 4.22. The predicted molar refractivity (Wildman–Crippen MR) is 114 cm³/mol. The van der Waals surface area contributed by atoms with E-state index in [1.54, 1.807) is 13.0 Å². The van der Waals surface area contributed by atoms with E-state index >= 15 is 0 Å². The van der Waals surface area contributed by atoms with Gasteiger partial charge in [-0.3, -0.25) is 9.59 Å². The zero-order valence-corrected chi connectivity index (χ0v) is 16.4. The Bertz CT molecular complexity index is 1180. The molecule has 0 unspecified atom stereocenters. The lowest BCUT2D eigenvalue weighted by Crippen LogP contribution is -2.30. The second kappa shape index (κ2) is 8.61. The summed E-state index contributed by atoms with van der Waals surface area (Å²) < 4.78 is 10.5. The summed E-state index contributed by atoms with van der Waals surface area (Å²) in [6.45, 7) is 1.54. The van der Waals surface area contributed by atoms with Gasteiger partial charge in [0.2, 0.25) is 0 Å². The van der Waals surface area contributed by atoms with E-state index in [-0.39, 0.29) is 6.42 Å². The van der Waals surface area contributed by atoms with Crippen molar-refractivity contribution in [3.05, 3.63) is 84.6 Å². The van der Waals surface area contributed by atoms with Crippen LogP contribution in [0, 0.1) is 0 Å². The van der Waals surface area contributed by atoms with Gasteiger partial charge in [0, 0.05) is 16.6 Å². The van der Waals surface area contributed by atoms with Gasteiger partial charge in [-0.15, -0.1) is 0 Å². The second-order valence-corrected chi connectivity index (χ2v) is 6.84. The van der Waals surface area contributed by atoms with Crippen LogP contribution >= 0.6 is 0 Å². The molecule has 1 N–H and O–H groups in total. The summed E-state index contributed by atoms with van der Waals surface area (Å²) in [5, 5.41) is 7.53. The number of benzene rings is 3. The molecule has 0 fully saturated rings. The molecule has 1 amide bonds. The Kier molecular flexibility index (Phi) is 5.57. The molecule has 1 heterocycles. The second-order valence-electron chi connectivity index (χ2n) is 6.84. The largest absolute Gasteiger partial charge is 0.452 e. The summed E-state index contributed by atoms with van der Waals surface area (Å²) in [7, 11) is 0. The Morgan fingerprint density at radius 2 is 1.67 bits per heavy atom. The highest BCUT2D eigenvalue weighted by Crippen LogP contribution is 2.27. The molecule has 1 aromatic heterocycles. The Morgan fingerprint density at radius 1 is 0.967 bits per heavy atom. The number of hydrogen-bond acceptors (Lipinski definition) is 5. The first-order chi connectivity index (χ1) is 14.6. The van der Waals surface area contributed by atoms with Crippen LogP contribution in [-0.2, 0) is 20.7 Å². The van der Waals surface area contributed by atoms with Gasteiger partial charge in [-0.05, 0) is 30.7 Å². The molecule has 0 aliphatic carbocycles. The highest BCUT2D eigenvalue weighted by molar-refractivity contribution is 5.98. The van der Waals surface area contributed by atoms with Crippen LogP contribution in [0.4, 0.5) is 5.69 Å². The monoisotopic (exact) mass is 400 g/mol. The SMILES string of the molecule is C[C@@H](OC(=O)Cc1noc2ccccc12)C(=O)Nc1ccccc1-c1ccccc1. The Hall–Kier alpha value is -3.93. The van der Waals surface area contributed by atoms with Crippen LogP contribution in [0.1, 0.15) is 12.6 Å². The average Bonchev–Trinajstić information content (AvgIpc) is 3.17. The highest BCUT2D eigenvalue weighted by Gasteiger charge is 2.21. The fraction of sp³-hybridized carbons (Fsp3) is 0.125. The summed E-state index contributed by atoms with van der Waals surface area (Å²) in [6.07, 6.45) is -1.03. The van der Waals surface area contributed by atoms with Crippen molar-refractivity contribution in [3.8, 4) is 11.1 Å². The smallest absolute Gasteiger partial charge is 0.312 e. The number of para-hydroxylation sites is 2. The van der Waals surface area contributed by atoms with Crippen molar-refractivity contribution in [2.45, 2.75) is 19.4 Å². The van der Waals surface area contributed by atoms with Crippen molar-refractivity contribution in [2.75, 3.05) is 5.32 Å². The van der Waals surface area contributed by atoms with E-state index < -0.39 is 18.0 Å². The standard InChI is InChI=1S/C24H20N2O4/c1-16(29-23(27)15-21-19-12-6-8-14-22(19)30-26-21)24(28)25-20-13-7-5-11-18(20)17-9-3-2-4-10-17/h2-14,16H,15H2,1H3,(H,25,28)/t16-/m1/s1. The first-order valence-electron chi connectivity index (χ1n) is 9.60. The van der Waals surface area contributed by atoms with Gasteiger partial charge in [0.15, 0.2) is 11.7 Å². The van der Waals surface area contributed by atoms with Crippen LogP contribution in [0.15, 0.2) is 83.4 Å². The van der Waals surface area contributed by atoms with Crippen molar-refractivity contribution in [3.63, 3.8) is 0 Å². The molecule has 0 aliphatic rings. The molecule has 6 heteroatoms. The molecular formula is C24H20N2O4. The van der Waals surface area contributed by atoms with Crippen molar-refractivity contribution in [1.29, 1.82) is 0 Å². The number of carbonyl (C=O) groups excluding carboxylic acids is 2. The summed E-state index contributed by atoms with van der Waals surface area (Å²) in [5.74, 6) is -0.954. The van der Waals surface area contributed by atoms with E-state index in [1.165, 1.54) is 0 Å². The number of nitrogens with zero attached hydrogens (tertiary/aromatic N) is 1. The number of aromatic nitrogens is 1. The zero-order chi connectivity index (χ0) is 20.9. The van der Waals surface area contributed by atoms with E-state index in [0.717, 1.165) is 16.5 Å². The van der Waals surface area contributed by atoms with Gasteiger partial charge in [-0.25, -0.2) is 0 Å². The number of fused-ring (bicyclic) bond motifs is 1. The van der Waals surface area contributed by atoms with Gasteiger partial charge in [0.1, 0.15) is 5.69 Å². The number of amides is 1. The third-order valence-corrected chi connectivity index (χ3v) is 4.71. The minimum atomic E-state index is -0.959. The molecule has 150 valence electrons. The lowest BCUT2D eigenvalue weighted by Gasteiger charge is -2.15. The number of ether oxygens (including phenoxy) is 1. The molecule has 6 nitrogen and oxygen atoms in total. The molecule has 4 rings (SSSR count). The van der Waals surface area contributed by atoms with Crippen LogP contribution in [0.3, 0.4) is 0 Å². The molecule has 0 aliphatic heterocycles. The number of carbonyl (C=O) groups is 2. The van der Waals surface area contributed by atoms with Crippen LogP contribution in [-0.4, -0.2) is 23.1 Å². The third-order valence-electron chi connectivity index (χ3n) is 4.71. The van der Waals surface area contributed by atoms with Gasteiger partial charge in [0.25, 0.3) is 5.91 Å². The van der Waals surface area contributed by atoms with Gasteiger partial charge in [0.05, 0.1) is 6.42 Å². The van der Waals surface area contributed by atoms with Crippen LogP contribution < -0.4 is 5.32 Å². The lowest BCUT2D eigenvalue weighted by molar-refractivity contribution is -0.152. The number of esters is 1. The van der Waals surface area contributed by atoms with Crippen molar-refractivity contribution in [1.82, 2.24) is 5.16 Å². The molecule has 3 aromatic carbocycles. The molecule has 0 bridgehead atoms. The molecule has 0 spiro atoms. The minimum absolute atomic E-state index is 0.0742. The van der Waals surface area contributed by atoms with Gasteiger partial charge >= 0.3 is 5.97 Å². The van der Waals surface area contributed by atoms with Gasteiger partial charge in [-0.1, -0.05) is 65.8 Å². The van der Waals surface area contributed by atoms with E-state index in [1.807, 2.05) is 72.8 Å². The topological polar surface area (TPSA) is 81.4 Å². The molecule has 4 aromatic rings. The maximum absolute atomic E-state index is 12.6. The summed E-state index contributed by atoms with van der Waals surface area (Å²) >= 11 is 0. The minimum Gasteiger partial charge on any atom is -0.452 e. The predicted octanol–water partition coefficient (Wildman–Crippen LogP) is 4.61. The number of rotatable bonds is 6. The molecule has 1 atom stereocenters. The quantitative estimate of drug-likeness (QED) is 0.478. The van der Waals surface area contributed by atoms with Gasteiger partial charge < -0.3 is 14.6 Å². The van der Waals surface area contributed by atoms with Gasteiger partial charge in [-0.2, -0.15) is 0 Å².